The lowest BCUT2D eigenvalue weighted by Gasteiger charge is -2.40. The van der Waals surface area contributed by atoms with Crippen molar-refractivity contribution in [1.29, 1.82) is 0 Å². The van der Waals surface area contributed by atoms with Crippen molar-refractivity contribution in [2.24, 2.45) is 0 Å². The van der Waals surface area contributed by atoms with E-state index < -0.39 is 49.5 Å². The SMILES string of the molecule is CCCCCCCCCCCCCC(=O)N[C@H](COC1O[C@H](CO)[C@H](O)[C@H](O)[C@H]1O)[C@H](O)CCCCCCCCCCCCC. The molecule has 7 atom stereocenters. The number of aliphatic hydroxyl groups is 5. The molecule has 0 spiro atoms. The first-order chi connectivity index (χ1) is 21.8. The van der Waals surface area contributed by atoms with Crippen LogP contribution in [0.1, 0.15) is 168 Å². The zero-order chi connectivity index (χ0) is 33.1. The zero-order valence-corrected chi connectivity index (χ0v) is 28.9. The van der Waals surface area contributed by atoms with E-state index in [4.69, 9.17) is 9.47 Å². The fraction of sp³-hybridized carbons (Fsp3) is 0.972. The highest BCUT2D eigenvalue weighted by Crippen LogP contribution is 2.23. The number of amides is 1. The highest BCUT2D eigenvalue weighted by Gasteiger charge is 2.44. The van der Waals surface area contributed by atoms with Crippen molar-refractivity contribution in [3.63, 3.8) is 0 Å². The van der Waals surface area contributed by atoms with Gasteiger partial charge < -0.3 is 40.3 Å². The van der Waals surface area contributed by atoms with Gasteiger partial charge in [-0.25, -0.2) is 0 Å². The molecule has 0 bridgehead atoms. The molecule has 268 valence electrons. The highest BCUT2D eigenvalue weighted by atomic mass is 16.7. The molecule has 1 unspecified atom stereocenters. The maximum Gasteiger partial charge on any atom is 0.220 e. The number of hydrogen-bond acceptors (Lipinski definition) is 8. The van der Waals surface area contributed by atoms with Crippen LogP contribution in [0.2, 0.25) is 0 Å². The van der Waals surface area contributed by atoms with Gasteiger partial charge in [-0.2, -0.15) is 0 Å². The minimum absolute atomic E-state index is 0.133. The average Bonchev–Trinajstić information content (AvgIpc) is 3.04. The van der Waals surface area contributed by atoms with Gasteiger partial charge in [0, 0.05) is 6.42 Å². The lowest BCUT2D eigenvalue weighted by atomic mass is 9.99. The van der Waals surface area contributed by atoms with E-state index in [-0.39, 0.29) is 12.5 Å². The van der Waals surface area contributed by atoms with Gasteiger partial charge in [0.2, 0.25) is 5.91 Å². The van der Waals surface area contributed by atoms with E-state index in [9.17, 15) is 30.3 Å². The van der Waals surface area contributed by atoms with Crippen LogP contribution >= 0.6 is 0 Å². The van der Waals surface area contributed by atoms with Crippen molar-refractivity contribution >= 4 is 5.91 Å². The summed E-state index contributed by atoms with van der Waals surface area (Å²) in [6.45, 7) is 3.79. The number of ether oxygens (including phenoxy) is 2. The summed E-state index contributed by atoms with van der Waals surface area (Å²) in [5, 5.41) is 53.9. The van der Waals surface area contributed by atoms with Crippen molar-refractivity contribution in [3.05, 3.63) is 0 Å². The van der Waals surface area contributed by atoms with Crippen LogP contribution in [0.15, 0.2) is 0 Å². The molecular formula is C36H71NO8. The second-order valence-electron chi connectivity index (χ2n) is 13.4. The van der Waals surface area contributed by atoms with Gasteiger partial charge in [-0.15, -0.1) is 0 Å². The molecular weight excluding hydrogens is 574 g/mol. The first-order valence-electron chi connectivity index (χ1n) is 18.7. The quantitative estimate of drug-likeness (QED) is 0.0517. The first kappa shape index (κ1) is 42.2. The summed E-state index contributed by atoms with van der Waals surface area (Å²) >= 11 is 0. The third kappa shape index (κ3) is 20.2. The molecule has 1 amide bonds. The Morgan fingerprint density at radius 1 is 0.667 bits per heavy atom. The van der Waals surface area contributed by atoms with Gasteiger partial charge in [0.05, 0.1) is 25.4 Å². The van der Waals surface area contributed by atoms with Crippen LogP contribution in [0.3, 0.4) is 0 Å². The number of nitrogens with one attached hydrogen (secondary N) is 1. The largest absolute Gasteiger partial charge is 0.394 e. The summed E-state index contributed by atoms with van der Waals surface area (Å²) in [5.74, 6) is -0.147. The third-order valence-corrected chi connectivity index (χ3v) is 9.21. The lowest BCUT2D eigenvalue weighted by molar-refractivity contribution is -0.302. The van der Waals surface area contributed by atoms with Crippen LogP contribution in [0.25, 0.3) is 0 Å². The van der Waals surface area contributed by atoms with E-state index in [1.165, 1.54) is 103 Å². The van der Waals surface area contributed by atoms with Crippen LogP contribution < -0.4 is 5.32 Å². The van der Waals surface area contributed by atoms with Crippen LogP contribution in [0, 0.1) is 0 Å². The molecule has 0 aromatic heterocycles. The molecule has 1 fully saturated rings. The van der Waals surface area contributed by atoms with E-state index in [1.54, 1.807) is 0 Å². The van der Waals surface area contributed by atoms with Gasteiger partial charge in [-0.1, -0.05) is 149 Å². The molecule has 6 N–H and O–H groups in total. The first-order valence-corrected chi connectivity index (χ1v) is 18.7. The summed E-state index contributed by atoms with van der Waals surface area (Å²) < 4.78 is 11.2. The van der Waals surface area contributed by atoms with Gasteiger partial charge >= 0.3 is 0 Å². The molecule has 0 aliphatic carbocycles. The highest BCUT2D eigenvalue weighted by molar-refractivity contribution is 5.76. The Morgan fingerprint density at radius 2 is 1.11 bits per heavy atom. The molecule has 1 aliphatic heterocycles. The second-order valence-corrected chi connectivity index (χ2v) is 13.4. The predicted octanol–water partition coefficient (Wildman–Crippen LogP) is 6.05. The van der Waals surface area contributed by atoms with Crippen molar-refractivity contribution in [3.8, 4) is 0 Å². The number of aliphatic hydroxyl groups excluding tert-OH is 5. The van der Waals surface area contributed by atoms with Crippen LogP contribution in [-0.2, 0) is 14.3 Å². The van der Waals surface area contributed by atoms with E-state index in [1.807, 2.05) is 0 Å². The summed E-state index contributed by atoms with van der Waals surface area (Å²) in [5.41, 5.74) is 0. The van der Waals surface area contributed by atoms with Crippen LogP contribution in [0.4, 0.5) is 0 Å². The normalized spacial score (nSPS) is 23.2. The fourth-order valence-corrected chi connectivity index (χ4v) is 6.10. The molecule has 9 heteroatoms. The second kappa shape index (κ2) is 28.2. The maximum atomic E-state index is 12.8. The summed E-state index contributed by atoms with van der Waals surface area (Å²) in [6.07, 6.45) is 19.6. The Labute approximate surface area is 274 Å². The average molecular weight is 646 g/mol. The van der Waals surface area contributed by atoms with Crippen molar-refractivity contribution in [1.82, 2.24) is 5.32 Å². The zero-order valence-electron chi connectivity index (χ0n) is 28.9. The van der Waals surface area contributed by atoms with Crippen molar-refractivity contribution < 1.29 is 39.8 Å². The summed E-state index contributed by atoms with van der Waals surface area (Å²) in [6, 6.07) is -0.708. The van der Waals surface area contributed by atoms with Crippen molar-refractivity contribution in [2.45, 2.75) is 211 Å². The number of carbonyl (C=O) groups is 1. The monoisotopic (exact) mass is 646 g/mol. The number of rotatable bonds is 30. The number of unbranched alkanes of at least 4 members (excludes halogenated alkanes) is 20. The van der Waals surface area contributed by atoms with Gasteiger partial charge in [0.25, 0.3) is 0 Å². The van der Waals surface area contributed by atoms with Gasteiger partial charge in [-0.3, -0.25) is 4.79 Å². The molecule has 45 heavy (non-hydrogen) atoms. The fourth-order valence-electron chi connectivity index (χ4n) is 6.10. The molecule has 1 rings (SSSR count). The molecule has 1 saturated heterocycles. The van der Waals surface area contributed by atoms with E-state index in [2.05, 4.69) is 19.2 Å². The molecule has 1 heterocycles. The Hall–Kier alpha value is -0.810. The molecule has 0 aromatic rings. The smallest absolute Gasteiger partial charge is 0.220 e. The van der Waals surface area contributed by atoms with E-state index in [0.29, 0.717) is 12.8 Å². The Balaban J connectivity index is 2.44. The van der Waals surface area contributed by atoms with Crippen LogP contribution in [-0.4, -0.2) is 87.5 Å². The van der Waals surface area contributed by atoms with Gasteiger partial charge in [0.15, 0.2) is 6.29 Å². The van der Waals surface area contributed by atoms with E-state index >= 15 is 0 Å². The number of hydrogen-bond donors (Lipinski definition) is 6. The third-order valence-electron chi connectivity index (χ3n) is 9.21. The van der Waals surface area contributed by atoms with Gasteiger partial charge in [-0.05, 0) is 12.8 Å². The Bertz CT molecular complexity index is 681. The number of carbonyl (C=O) groups excluding carboxylic acids is 1. The summed E-state index contributed by atoms with van der Waals surface area (Å²) in [7, 11) is 0. The topological polar surface area (TPSA) is 149 Å². The van der Waals surface area contributed by atoms with Crippen molar-refractivity contribution in [2.75, 3.05) is 13.2 Å². The Morgan fingerprint density at radius 3 is 1.58 bits per heavy atom. The molecule has 1 aliphatic rings. The minimum atomic E-state index is -1.55. The molecule has 0 saturated carbocycles. The minimum Gasteiger partial charge on any atom is -0.394 e. The lowest BCUT2D eigenvalue weighted by Crippen LogP contribution is -2.60. The van der Waals surface area contributed by atoms with E-state index in [0.717, 1.165) is 38.5 Å². The Kier molecular flexibility index (Phi) is 26.5. The standard InChI is InChI=1S/C36H71NO8/c1-3-5-7-9-11-13-15-17-19-21-23-25-30(39)29(28-44-36-35(43)34(42)33(41)31(27-38)45-36)37-32(40)26-24-22-20-18-16-14-12-10-8-6-4-2/h29-31,33-36,38-39,41-43H,3-28H2,1-2H3,(H,37,40)/t29-,30-,31-,33+,34+,35-,36?/m1/s1. The van der Waals surface area contributed by atoms with Crippen LogP contribution in [0.5, 0.6) is 0 Å². The summed E-state index contributed by atoms with van der Waals surface area (Å²) in [4.78, 5) is 12.8. The molecule has 9 nitrogen and oxygen atoms in total. The van der Waals surface area contributed by atoms with Gasteiger partial charge in [0.1, 0.15) is 24.4 Å². The molecule has 0 aromatic carbocycles. The molecule has 0 radical (unpaired) electrons. The predicted molar refractivity (Wildman–Crippen MR) is 180 cm³/mol. The maximum absolute atomic E-state index is 12.8.